The second-order valence-corrected chi connectivity index (χ2v) is 5.68. The van der Waals surface area contributed by atoms with Gasteiger partial charge in [-0.3, -0.25) is 4.40 Å². The lowest BCUT2D eigenvalue weighted by molar-refractivity contribution is 0.628. The Bertz CT molecular complexity index is 1040. The van der Waals surface area contributed by atoms with E-state index >= 15 is 0 Å². The van der Waals surface area contributed by atoms with Crippen molar-refractivity contribution in [2.24, 2.45) is 0 Å². The van der Waals surface area contributed by atoms with E-state index in [-0.39, 0.29) is 5.82 Å². The van der Waals surface area contributed by atoms with Crippen LogP contribution in [0, 0.1) is 5.82 Å². The van der Waals surface area contributed by atoms with E-state index in [9.17, 15) is 4.39 Å². The van der Waals surface area contributed by atoms with Crippen LogP contribution in [0.2, 0.25) is 0 Å². The molecule has 0 atom stereocenters. The van der Waals surface area contributed by atoms with Gasteiger partial charge >= 0.3 is 0 Å². The minimum absolute atomic E-state index is 0.277. The van der Waals surface area contributed by atoms with Crippen LogP contribution in [0.3, 0.4) is 0 Å². The van der Waals surface area contributed by atoms with E-state index in [1.165, 1.54) is 17.7 Å². The number of benzene rings is 2. The Morgan fingerprint density at radius 3 is 2.83 bits per heavy atom. The number of nitrogens with zero attached hydrogens (tertiary/aromatic N) is 5. The van der Waals surface area contributed by atoms with Gasteiger partial charge < -0.3 is 4.90 Å². The molecule has 0 amide bonds. The Morgan fingerprint density at radius 1 is 1.17 bits per heavy atom. The molecule has 0 radical (unpaired) electrons. The van der Waals surface area contributed by atoms with Crippen LogP contribution in [0.5, 0.6) is 0 Å². The second kappa shape index (κ2) is 5.56. The number of anilines is 2. The van der Waals surface area contributed by atoms with Crippen LogP contribution in [0.4, 0.5) is 15.9 Å². The average Bonchev–Trinajstić information content (AvgIpc) is 3.08. The molecule has 4 rings (SSSR count). The van der Waals surface area contributed by atoms with Crippen LogP contribution < -0.4 is 4.90 Å². The highest BCUT2D eigenvalue weighted by Gasteiger charge is 2.15. The zero-order chi connectivity index (χ0) is 16.7. The third-order valence-electron chi connectivity index (χ3n) is 4.22. The standard InChI is InChI=1S/C18H16FN5/c1-3-12-7-8-15-16(9-12)24-11-20-22-18(24)21-17(15)23(2)14-6-4-5-13(19)10-14/h4-11H,3H2,1-2H3. The minimum Gasteiger partial charge on any atom is -0.329 e. The van der Waals surface area contributed by atoms with Crippen molar-refractivity contribution in [3.05, 3.63) is 60.2 Å². The van der Waals surface area contributed by atoms with Gasteiger partial charge in [0, 0.05) is 18.1 Å². The van der Waals surface area contributed by atoms with E-state index in [1.807, 2.05) is 28.5 Å². The molecular weight excluding hydrogens is 305 g/mol. The number of fused-ring (bicyclic) bond motifs is 3. The van der Waals surface area contributed by atoms with Gasteiger partial charge in [-0.2, -0.15) is 4.98 Å². The largest absolute Gasteiger partial charge is 0.329 e. The van der Waals surface area contributed by atoms with Gasteiger partial charge in [0.1, 0.15) is 18.0 Å². The third-order valence-corrected chi connectivity index (χ3v) is 4.22. The number of aryl methyl sites for hydroxylation is 1. The molecule has 2 aromatic carbocycles. The summed E-state index contributed by atoms with van der Waals surface area (Å²) in [7, 11) is 1.87. The average molecular weight is 321 g/mol. The van der Waals surface area contributed by atoms with E-state index in [0.717, 1.165) is 28.8 Å². The number of rotatable bonds is 3. The van der Waals surface area contributed by atoms with Crippen LogP contribution in [-0.2, 0) is 6.42 Å². The normalized spacial score (nSPS) is 11.3. The Kier molecular flexibility index (Phi) is 3.37. The minimum atomic E-state index is -0.277. The Morgan fingerprint density at radius 2 is 2.04 bits per heavy atom. The van der Waals surface area contributed by atoms with Crippen LogP contribution >= 0.6 is 0 Å². The van der Waals surface area contributed by atoms with Crippen molar-refractivity contribution in [3.8, 4) is 0 Å². The molecule has 2 heterocycles. The van der Waals surface area contributed by atoms with Crippen molar-refractivity contribution in [2.75, 3.05) is 11.9 Å². The van der Waals surface area contributed by atoms with Gasteiger partial charge in [0.25, 0.3) is 5.78 Å². The van der Waals surface area contributed by atoms with Crippen LogP contribution in [0.1, 0.15) is 12.5 Å². The van der Waals surface area contributed by atoms with Gasteiger partial charge in [-0.15, -0.1) is 10.2 Å². The van der Waals surface area contributed by atoms with Crippen LogP contribution in [0.15, 0.2) is 48.8 Å². The zero-order valence-corrected chi connectivity index (χ0v) is 13.4. The van der Waals surface area contributed by atoms with Crippen molar-refractivity contribution in [1.82, 2.24) is 19.6 Å². The molecule has 0 fully saturated rings. The lowest BCUT2D eigenvalue weighted by Crippen LogP contribution is -2.13. The Hall–Kier alpha value is -3.02. The molecule has 0 aliphatic heterocycles. The van der Waals surface area contributed by atoms with Crippen molar-refractivity contribution in [1.29, 1.82) is 0 Å². The topological polar surface area (TPSA) is 46.3 Å². The summed E-state index contributed by atoms with van der Waals surface area (Å²) in [6.45, 7) is 2.12. The van der Waals surface area contributed by atoms with E-state index < -0.39 is 0 Å². The van der Waals surface area contributed by atoms with Crippen LogP contribution in [-0.4, -0.2) is 26.6 Å². The van der Waals surface area contributed by atoms with Crippen LogP contribution in [0.25, 0.3) is 16.7 Å². The maximum absolute atomic E-state index is 13.6. The molecule has 0 N–H and O–H groups in total. The number of hydrogen-bond donors (Lipinski definition) is 0. The van der Waals surface area contributed by atoms with Crippen molar-refractivity contribution in [3.63, 3.8) is 0 Å². The number of aromatic nitrogens is 4. The summed E-state index contributed by atoms with van der Waals surface area (Å²) in [5.41, 5.74) is 2.94. The first-order chi connectivity index (χ1) is 11.7. The van der Waals surface area contributed by atoms with Gasteiger partial charge in [-0.1, -0.05) is 19.1 Å². The lowest BCUT2D eigenvalue weighted by atomic mass is 10.1. The monoisotopic (exact) mass is 321 g/mol. The number of halogens is 1. The number of hydrogen-bond acceptors (Lipinski definition) is 4. The van der Waals surface area contributed by atoms with Gasteiger partial charge in [0.15, 0.2) is 0 Å². The fourth-order valence-electron chi connectivity index (χ4n) is 2.88. The molecule has 0 aliphatic rings. The summed E-state index contributed by atoms with van der Waals surface area (Å²) in [6, 6.07) is 12.7. The molecule has 0 unspecified atom stereocenters. The van der Waals surface area contributed by atoms with E-state index in [1.54, 1.807) is 12.4 Å². The zero-order valence-electron chi connectivity index (χ0n) is 13.4. The molecule has 0 saturated heterocycles. The Labute approximate surface area is 138 Å². The molecule has 4 aromatic rings. The molecule has 120 valence electrons. The Balaban J connectivity index is 1.99. The van der Waals surface area contributed by atoms with E-state index in [4.69, 9.17) is 0 Å². The SMILES string of the molecule is CCc1ccc2c(N(C)c3cccc(F)c3)nc3nncn3c2c1. The smallest absolute Gasteiger partial charge is 0.257 e. The second-order valence-electron chi connectivity index (χ2n) is 5.68. The molecule has 6 heteroatoms. The summed E-state index contributed by atoms with van der Waals surface area (Å²) in [4.78, 5) is 6.48. The molecule has 0 bridgehead atoms. The predicted octanol–water partition coefficient (Wildman–Crippen LogP) is 3.75. The fraction of sp³-hybridized carbons (Fsp3) is 0.167. The molecule has 0 aliphatic carbocycles. The molecule has 0 saturated carbocycles. The highest BCUT2D eigenvalue weighted by atomic mass is 19.1. The first-order valence-electron chi connectivity index (χ1n) is 7.79. The molecule has 5 nitrogen and oxygen atoms in total. The highest BCUT2D eigenvalue weighted by Crippen LogP contribution is 2.30. The summed E-state index contributed by atoms with van der Waals surface area (Å²) in [5, 5.41) is 9.01. The fourth-order valence-corrected chi connectivity index (χ4v) is 2.88. The van der Waals surface area contributed by atoms with Gasteiger partial charge in [-0.05, 0) is 42.3 Å². The van der Waals surface area contributed by atoms with Crippen molar-refractivity contribution >= 4 is 28.2 Å². The van der Waals surface area contributed by atoms with Gasteiger partial charge in [-0.25, -0.2) is 4.39 Å². The first kappa shape index (κ1) is 14.6. The van der Waals surface area contributed by atoms with Gasteiger partial charge in [0.05, 0.1) is 5.52 Å². The quantitative estimate of drug-likeness (QED) is 0.576. The third kappa shape index (κ3) is 2.27. The molecule has 2 aromatic heterocycles. The van der Waals surface area contributed by atoms with Gasteiger partial charge in [0.2, 0.25) is 0 Å². The van der Waals surface area contributed by atoms with Crippen molar-refractivity contribution in [2.45, 2.75) is 13.3 Å². The summed E-state index contributed by atoms with van der Waals surface area (Å²) in [6.07, 6.45) is 2.60. The molecule has 0 spiro atoms. The summed E-state index contributed by atoms with van der Waals surface area (Å²) >= 11 is 0. The van der Waals surface area contributed by atoms with E-state index in [2.05, 4.69) is 34.2 Å². The maximum atomic E-state index is 13.6. The maximum Gasteiger partial charge on any atom is 0.257 e. The highest BCUT2D eigenvalue weighted by molar-refractivity contribution is 5.93. The van der Waals surface area contributed by atoms with E-state index in [0.29, 0.717) is 5.78 Å². The lowest BCUT2D eigenvalue weighted by Gasteiger charge is -2.20. The predicted molar refractivity (Wildman–Crippen MR) is 92.1 cm³/mol. The van der Waals surface area contributed by atoms with Crippen molar-refractivity contribution < 1.29 is 4.39 Å². The summed E-state index contributed by atoms with van der Waals surface area (Å²) in [5.74, 6) is 0.966. The summed E-state index contributed by atoms with van der Waals surface area (Å²) < 4.78 is 15.5. The molecular formula is C18H16FN5. The molecule has 24 heavy (non-hydrogen) atoms. The first-order valence-corrected chi connectivity index (χ1v) is 7.79.